The van der Waals surface area contributed by atoms with Gasteiger partial charge in [0.2, 0.25) is 0 Å². The van der Waals surface area contributed by atoms with E-state index in [0.29, 0.717) is 6.42 Å². The van der Waals surface area contributed by atoms with Gasteiger partial charge in [0.1, 0.15) is 0 Å². The monoisotopic (exact) mass is 257 g/mol. The van der Waals surface area contributed by atoms with Gasteiger partial charge in [-0.2, -0.15) is 0 Å². The van der Waals surface area contributed by atoms with Crippen molar-refractivity contribution in [1.29, 1.82) is 0 Å². The van der Waals surface area contributed by atoms with Crippen molar-refractivity contribution in [3.63, 3.8) is 0 Å². The Balaban J connectivity index is 1.92. The number of fused-ring (bicyclic) bond motifs is 1. The minimum atomic E-state index is -0.777. The molecule has 19 heavy (non-hydrogen) atoms. The first kappa shape index (κ1) is 13.6. The van der Waals surface area contributed by atoms with Crippen LogP contribution in [0.5, 0.6) is 0 Å². The fraction of sp³-hybridized carbons (Fsp3) is 0.312. The smallest absolute Gasteiger partial charge is 0.303 e. The highest BCUT2D eigenvalue weighted by Crippen LogP contribution is 2.17. The fourth-order valence-electron chi connectivity index (χ4n) is 2.20. The molecule has 0 aliphatic rings. The molecule has 0 heterocycles. The van der Waals surface area contributed by atoms with Gasteiger partial charge in [-0.05, 0) is 35.6 Å². The molecule has 0 saturated carbocycles. The molecule has 2 aromatic carbocycles. The highest BCUT2D eigenvalue weighted by Gasteiger charge is 2.06. The first-order valence-electron chi connectivity index (χ1n) is 6.60. The zero-order chi connectivity index (χ0) is 13.7. The predicted octanol–water partition coefficient (Wildman–Crippen LogP) is 2.96. The molecule has 0 fully saturated rings. The maximum absolute atomic E-state index is 10.5. The molecule has 3 N–H and O–H groups in total. The zero-order valence-corrected chi connectivity index (χ0v) is 10.9. The maximum Gasteiger partial charge on any atom is 0.303 e. The summed E-state index contributed by atoms with van der Waals surface area (Å²) in [5.74, 6) is -0.777. The van der Waals surface area contributed by atoms with E-state index < -0.39 is 5.97 Å². The quantitative estimate of drug-likeness (QED) is 0.836. The molecule has 3 heteroatoms. The average molecular weight is 257 g/mol. The third-order valence-corrected chi connectivity index (χ3v) is 3.35. The highest BCUT2D eigenvalue weighted by atomic mass is 16.4. The second kappa shape index (κ2) is 6.34. The number of rotatable bonds is 6. The first-order valence-corrected chi connectivity index (χ1v) is 6.60. The normalized spacial score (nSPS) is 12.5. The van der Waals surface area contributed by atoms with Crippen LogP contribution in [0.15, 0.2) is 42.5 Å². The second-order valence-corrected chi connectivity index (χ2v) is 4.91. The number of carbonyl (C=O) groups is 1. The van der Waals surface area contributed by atoms with Gasteiger partial charge in [-0.3, -0.25) is 4.79 Å². The average Bonchev–Trinajstić information content (AvgIpc) is 2.42. The molecule has 2 aromatic rings. The molecule has 0 bridgehead atoms. The summed E-state index contributed by atoms with van der Waals surface area (Å²) in [5, 5.41) is 11.1. The summed E-state index contributed by atoms with van der Waals surface area (Å²) < 4.78 is 0. The first-order chi connectivity index (χ1) is 9.15. The van der Waals surface area contributed by atoms with Gasteiger partial charge >= 0.3 is 5.97 Å². The van der Waals surface area contributed by atoms with Crippen LogP contribution in [0.4, 0.5) is 0 Å². The SMILES string of the molecule is NC(CCC(=O)O)CCc1ccc2ccccc2c1. The van der Waals surface area contributed by atoms with E-state index in [9.17, 15) is 4.79 Å². The van der Waals surface area contributed by atoms with Crippen LogP contribution < -0.4 is 5.73 Å². The van der Waals surface area contributed by atoms with Crippen molar-refractivity contribution >= 4 is 16.7 Å². The van der Waals surface area contributed by atoms with Gasteiger partial charge in [0.15, 0.2) is 0 Å². The van der Waals surface area contributed by atoms with Crippen LogP contribution in [0.3, 0.4) is 0 Å². The maximum atomic E-state index is 10.5. The van der Waals surface area contributed by atoms with Gasteiger partial charge in [-0.15, -0.1) is 0 Å². The predicted molar refractivity (Wildman–Crippen MR) is 77.1 cm³/mol. The van der Waals surface area contributed by atoms with Crippen LogP contribution in [0.25, 0.3) is 10.8 Å². The van der Waals surface area contributed by atoms with Crippen molar-refractivity contribution < 1.29 is 9.90 Å². The van der Waals surface area contributed by atoms with Crippen LogP contribution in [0, 0.1) is 0 Å². The molecule has 0 spiro atoms. The van der Waals surface area contributed by atoms with Crippen molar-refractivity contribution in [2.24, 2.45) is 5.73 Å². The lowest BCUT2D eigenvalue weighted by molar-refractivity contribution is -0.137. The second-order valence-electron chi connectivity index (χ2n) is 4.91. The molecule has 3 nitrogen and oxygen atoms in total. The molecule has 1 unspecified atom stereocenters. The molecular formula is C16H19NO2. The van der Waals surface area contributed by atoms with Gasteiger partial charge < -0.3 is 10.8 Å². The molecule has 0 amide bonds. The Morgan fingerprint density at radius 2 is 1.84 bits per heavy atom. The summed E-state index contributed by atoms with van der Waals surface area (Å²) in [6.07, 6.45) is 2.42. The van der Waals surface area contributed by atoms with Gasteiger partial charge in [0.25, 0.3) is 0 Å². The minimum absolute atomic E-state index is 0.0393. The molecule has 0 radical (unpaired) electrons. The Morgan fingerprint density at radius 3 is 2.58 bits per heavy atom. The highest BCUT2D eigenvalue weighted by molar-refractivity contribution is 5.82. The Labute approximate surface area is 113 Å². The van der Waals surface area contributed by atoms with Gasteiger partial charge in [0, 0.05) is 12.5 Å². The Morgan fingerprint density at radius 1 is 1.11 bits per heavy atom. The lowest BCUT2D eigenvalue weighted by Crippen LogP contribution is -2.21. The summed E-state index contributed by atoms with van der Waals surface area (Å²) in [6, 6.07) is 14.6. The van der Waals surface area contributed by atoms with Crippen molar-refractivity contribution in [1.82, 2.24) is 0 Å². The standard InChI is InChI=1S/C16H19NO2/c17-15(9-10-16(18)19)8-6-12-5-7-13-3-1-2-4-14(13)11-12/h1-5,7,11,15H,6,8-10,17H2,(H,18,19). The van der Waals surface area contributed by atoms with Crippen molar-refractivity contribution in [3.05, 3.63) is 48.0 Å². The summed E-state index contributed by atoms with van der Waals surface area (Å²) in [4.78, 5) is 10.5. The van der Waals surface area contributed by atoms with E-state index in [1.54, 1.807) is 0 Å². The molecule has 0 aromatic heterocycles. The summed E-state index contributed by atoms with van der Waals surface area (Å²) in [5.41, 5.74) is 7.17. The van der Waals surface area contributed by atoms with Crippen molar-refractivity contribution in [2.75, 3.05) is 0 Å². The Hall–Kier alpha value is -1.87. The van der Waals surface area contributed by atoms with Crippen LogP contribution in [0.1, 0.15) is 24.8 Å². The topological polar surface area (TPSA) is 63.3 Å². The molecule has 1 atom stereocenters. The largest absolute Gasteiger partial charge is 0.481 e. The van der Waals surface area contributed by atoms with Crippen molar-refractivity contribution in [3.8, 4) is 0 Å². The number of carboxylic acids is 1. The lowest BCUT2D eigenvalue weighted by atomic mass is 10.00. The number of nitrogens with two attached hydrogens (primary N) is 1. The summed E-state index contributed by atoms with van der Waals surface area (Å²) in [6.45, 7) is 0. The lowest BCUT2D eigenvalue weighted by Gasteiger charge is -2.10. The molecule has 100 valence electrons. The summed E-state index contributed by atoms with van der Waals surface area (Å²) in [7, 11) is 0. The number of hydrogen-bond donors (Lipinski definition) is 2. The van der Waals surface area contributed by atoms with Crippen LogP contribution in [-0.4, -0.2) is 17.1 Å². The Bertz CT molecular complexity index is 565. The van der Waals surface area contributed by atoms with E-state index in [1.807, 2.05) is 12.1 Å². The van der Waals surface area contributed by atoms with Gasteiger partial charge in [-0.1, -0.05) is 42.5 Å². The van der Waals surface area contributed by atoms with Crippen LogP contribution >= 0.6 is 0 Å². The van der Waals surface area contributed by atoms with Crippen LogP contribution in [-0.2, 0) is 11.2 Å². The Kier molecular flexibility index (Phi) is 4.53. The van der Waals surface area contributed by atoms with E-state index in [0.717, 1.165) is 12.8 Å². The van der Waals surface area contributed by atoms with Gasteiger partial charge in [0.05, 0.1) is 0 Å². The molecule has 0 saturated heterocycles. The summed E-state index contributed by atoms with van der Waals surface area (Å²) >= 11 is 0. The van der Waals surface area contributed by atoms with E-state index >= 15 is 0 Å². The third-order valence-electron chi connectivity index (χ3n) is 3.35. The number of aliphatic carboxylic acids is 1. The number of aryl methyl sites for hydroxylation is 1. The van der Waals surface area contributed by atoms with Crippen molar-refractivity contribution in [2.45, 2.75) is 31.7 Å². The van der Waals surface area contributed by atoms with Gasteiger partial charge in [-0.25, -0.2) is 0 Å². The number of benzene rings is 2. The van der Waals surface area contributed by atoms with E-state index in [4.69, 9.17) is 10.8 Å². The van der Waals surface area contributed by atoms with E-state index in [-0.39, 0.29) is 12.5 Å². The molecular weight excluding hydrogens is 238 g/mol. The fourth-order valence-corrected chi connectivity index (χ4v) is 2.20. The number of carboxylic acid groups (broad SMARTS) is 1. The molecule has 0 aliphatic carbocycles. The zero-order valence-electron chi connectivity index (χ0n) is 10.9. The third kappa shape index (κ3) is 4.07. The number of hydrogen-bond acceptors (Lipinski definition) is 2. The van der Waals surface area contributed by atoms with E-state index in [1.165, 1.54) is 16.3 Å². The molecule has 0 aliphatic heterocycles. The minimum Gasteiger partial charge on any atom is -0.481 e. The van der Waals surface area contributed by atoms with E-state index in [2.05, 4.69) is 30.3 Å². The van der Waals surface area contributed by atoms with Crippen LogP contribution in [0.2, 0.25) is 0 Å². The molecule has 2 rings (SSSR count).